The van der Waals surface area contributed by atoms with Crippen molar-refractivity contribution in [1.29, 1.82) is 0 Å². The zero-order valence-corrected chi connectivity index (χ0v) is 10.2. The van der Waals surface area contributed by atoms with Gasteiger partial charge >= 0.3 is 0 Å². The first-order valence-electron chi connectivity index (χ1n) is 5.22. The van der Waals surface area contributed by atoms with E-state index in [1.807, 2.05) is 18.2 Å². The molecule has 0 radical (unpaired) electrons. The number of ether oxygens (including phenoxy) is 1. The SMILES string of the molecule is COc1ccc(C(C)(C)C)cc1[C@H](C)O. The van der Waals surface area contributed by atoms with Gasteiger partial charge in [0.05, 0.1) is 13.2 Å². The quantitative estimate of drug-likeness (QED) is 0.809. The number of hydrogen-bond acceptors (Lipinski definition) is 2. The lowest BCUT2D eigenvalue weighted by Crippen LogP contribution is -2.12. The molecule has 0 saturated heterocycles. The lowest BCUT2D eigenvalue weighted by Gasteiger charge is -2.21. The van der Waals surface area contributed by atoms with Crippen LogP contribution in [-0.2, 0) is 5.41 Å². The first kappa shape index (κ1) is 12.1. The third-order valence-corrected chi connectivity index (χ3v) is 2.55. The van der Waals surface area contributed by atoms with E-state index in [0.717, 1.165) is 11.3 Å². The second-order valence-corrected chi connectivity index (χ2v) is 4.88. The van der Waals surface area contributed by atoms with Crippen molar-refractivity contribution >= 4 is 0 Å². The third-order valence-electron chi connectivity index (χ3n) is 2.55. The van der Waals surface area contributed by atoms with E-state index in [9.17, 15) is 5.11 Å². The van der Waals surface area contributed by atoms with Gasteiger partial charge in [-0.2, -0.15) is 0 Å². The highest BCUT2D eigenvalue weighted by Crippen LogP contribution is 2.31. The fraction of sp³-hybridized carbons (Fsp3) is 0.538. The van der Waals surface area contributed by atoms with Crippen LogP contribution in [0.3, 0.4) is 0 Å². The predicted octanol–water partition coefficient (Wildman–Crippen LogP) is 3.05. The van der Waals surface area contributed by atoms with Crippen LogP contribution >= 0.6 is 0 Å². The van der Waals surface area contributed by atoms with Gasteiger partial charge < -0.3 is 9.84 Å². The molecule has 0 aliphatic carbocycles. The molecule has 1 atom stereocenters. The van der Waals surface area contributed by atoms with Crippen LogP contribution in [0.4, 0.5) is 0 Å². The van der Waals surface area contributed by atoms with E-state index in [-0.39, 0.29) is 5.41 Å². The topological polar surface area (TPSA) is 29.5 Å². The molecule has 0 spiro atoms. The van der Waals surface area contributed by atoms with E-state index >= 15 is 0 Å². The molecule has 0 aliphatic heterocycles. The fourth-order valence-corrected chi connectivity index (χ4v) is 1.53. The molecular formula is C13H20O2. The molecule has 1 rings (SSSR count). The van der Waals surface area contributed by atoms with E-state index in [1.54, 1.807) is 14.0 Å². The van der Waals surface area contributed by atoms with Crippen LogP contribution in [0.25, 0.3) is 0 Å². The van der Waals surface area contributed by atoms with Gasteiger partial charge in [0.2, 0.25) is 0 Å². The molecule has 1 N–H and O–H groups in total. The first-order valence-corrected chi connectivity index (χ1v) is 5.22. The maximum Gasteiger partial charge on any atom is 0.124 e. The molecule has 0 aromatic heterocycles. The Bertz CT molecular complexity index is 335. The molecular weight excluding hydrogens is 188 g/mol. The van der Waals surface area contributed by atoms with Crippen molar-refractivity contribution < 1.29 is 9.84 Å². The summed E-state index contributed by atoms with van der Waals surface area (Å²) in [5.41, 5.74) is 2.15. The van der Waals surface area contributed by atoms with Crippen LogP contribution in [0.5, 0.6) is 5.75 Å². The molecule has 0 fully saturated rings. The minimum atomic E-state index is -0.498. The standard InChI is InChI=1S/C13H20O2/c1-9(14)11-8-10(13(2,3)4)6-7-12(11)15-5/h6-9,14H,1-5H3/t9-/m0/s1. The summed E-state index contributed by atoms with van der Waals surface area (Å²) in [4.78, 5) is 0. The van der Waals surface area contributed by atoms with Gasteiger partial charge in [0.15, 0.2) is 0 Å². The van der Waals surface area contributed by atoms with Crippen molar-refractivity contribution in [1.82, 2.24) is 0 Å². The minimum Gasteiger partial charge on any atom is -0.496 e. The largest absolute Gasteiger partial charge is 0.496 e. The molecule has 0 heterocycles. The van der Waals surface area contributed by atoms with Crippen LogP contribution < -0.4 is 4.74 Å². The second-order valence-electron chi connectivity index (χ2n) is 4.88. The summed E-state index contributed by atoms with van der Waals surface area (Å²) in [5, 5.41) is 9.65. The number of aliphatic hydroxyl groups excluding tert-OH is 1. The summed E-state index contributed by atoms with van der Waals surface area (Å²) in [7, 11) is 1.62. The highest BCUT2D eigenvalue weighted by Gasteiger charge is 2.17. The van der Waals surface area contributed by atoms with Gasteiger partial charge in [-0.1, -0.05) is 26.8 Å². The summed E-state index contributed by atoms with van der Waals surface area (Å²) in [6, 6.07) is 5.98. The Hall–Kier alpha value is -1.02. The van der Waals surface area contributed by atoms with Crippen LogP contribution in [0.15, 0.2) is 18.2 Å². The van der Waals surface area contributed by atoms with Crippen LogP contribution in [0.1, 0.15) is 44.9 Å². The number of aliphatic hydroxyl groups is 1. The van der Waals surface area contributed by atoms with Crippen molar-refractivity contribution in [3.63, 3.8) is 0 Å². The number of hydrogen-bond donors (Lipinski definition) is 1. The van der Waals surface area contributed by atoms with Crippen molar-refractivity contribution in [2.45, 2.75) is 39.2 Å². The lowest BCUT2D eigenvalue weighted by molar-refractivity contribution is 0.194. The van der Waals surface area contributed by atoms with Gasteiger partial charge in [-0.05, 0) is 30.0 Å². The smallest absolute Gasteiger partial charge is 0.124 e. The summed E-state index contributed by atoms with van der Waals surface area (Å²) < 4.78 is 5.21. The average molecular weight is 208 g/mol. The van der Waals surface area contributed by atoms with E-state index in [1.165, 1.54) is 5.56 Å². The summed E-state index contributed by atoms with van der Waals surface area (Å²) in [6.45, 7) is 8.21. The van der Waals surface area contributed by atoms with Crippen molar-refractivity contribution in [2.75, 3.05) is 7.11 Å². The zero-order valence-electron chi connectivity index (χ0n) is 10.2. The van der Waals surface area contributed by atoms with Gasteiger partial charge in [0.25, 0.3) is 0 Å². The highest BCUT2D eigenvalue weighted by molar-refractivity contribution is 5.40. The van der Waals surface area contributed by atoms with Crippen LogP contribution in [-0.4, -0.2) is 12.2 Å². The van der Waals surface area contributed by atoms with E-state index < -0.39 is 6.10 Å². The Labute approximate surface area is 91.9 Å². The molecule has 0 saturated carbocycles. The van der Waals surface area contributed by atoms with E-state index in [4.69, 9.17) is 4.74 Å². The molecule has 1 aromatic rings. The van der Waals surface area contributed by atoms with Gasteiger partial charge in [-0.15, -0.1) is 0 Å². The molecule has 0 bridgehead atoms. The van der Waals surface area contributed by atoms with E-state index in [0.29, 0.717) is 0 Å². The molecule has 2 nitrogen and oxygen atoms in total. The average Bonchev–Trinajstić information content (AvgIpc) is 2.15. The van der Waals surface area contributed by atoms with Crippen LogP contribution in [0.2, 0.25) is 0 Å². The van der Waals surface area contributed by atoms with Gasteiger partial charge in [-0.3, -0.25) is 0 Å². The maximum atomic E-state index is 9.65. The Morgan fingerprint density at radius 2 is 1.87 bits per heavy atom. The Morgan fingerprint density at radius 1 is 1.27 bits per heavy atom. The Morgan fingerprint density at radius 3 is 2.27 bits per heavy atom. The molecule has 0 amide bonds. The van der Waals surface area contributed by atoms with Gasteiger partial charge in [0, 0.05) is 5.56 Å². The van der Waals surface area contributed by atoms with Crippen molar-refractivity contribution in [3.8, 4) is 5.75 Å². The summed E-state index contributed by atoms with van der Waals surface area (Å²) in [5.74, 6) is 0.748. The minimum absolute atomic E-state index is 0.0932. The summed E-state index contributed by atoms with van der Waals surface area (Å²) >= 11 is 0. The maximum absolute atomic E-state index is 9.65. The van der Waals surface area contributed by atoms with Crippen LogP contribution in [0, 0.1) is 0 Å². The molecule has 2 heteroatoms. The Kier molecular flexibility index (Phi) is 3.40. The Balaban J connectivity index is 3.22. The number of benzene rings is 1. The first-order chi connectivity index (χ1) is 6.86. The summed E-state index contributed by atoms with van der Waals surface area (Å²) in [6.07, 6.45) is -0.498. The highest BCUT2D eigenvalue weighted by atomic mass is 16.5. The fourth-order valence-electron chi connectivity index (χ4n) is 1.53. The molecule has 0 unspecified atom stereocenters. The predicted molar refractivity (Wildman–Crippen MR) is 62.3 cm³/mol. The zero-order chi connectivity index (χ0) is 11.6. The van der Waals surface area contributed by atoms with E-state index in [2.05, 4.69) is 20.8 Å². The van der Waals surface area contributed by atoms with Gasteiger partial charge in [0.1, 0.15) is 5.75 Å². The van der Waals surface area contributed by atoms with Crippen molar-refractivity contribution in [3.05, 3.63) is 29.3 Å². The molecule has 84 valence electrons. The monoisotopic (exact) mass is 208 g/mol. The third kappa shape index (κ3) is 2.72. The molecule has 15 heavy (non-hydrogen) atoms. The molecule has 1 aromatic carbocycles. The normalized spacial score (nSPS) is 13.7. The lowest BCUT2D eigenvalue weighted by atomic mass is 9.85. The molecule has 0 aliphatic rings. The van der Waals surface area contributed by atoms with Gasteiger partial charge in [-0.25, -0.2) is 0 Å². The number of methoxy groups -OCH3 is 1. The number of rotatable bonds is 2. The second kappa shape index (κ2) is 4.23. The van der Waals surface area contributed by atoms with Crippen molar-refractivity contribution in [2.24, 2.45) is 0 Å².